The number of rotatable bonds is 4. The summed E-state index contributed by atoms with van der Waals surface area (Å²) in [6, 6.07) is 2.04. The van der Waals surface area contributed by atoms with E-state index < -0.39 is 5.60 Å². The molecule has 0 aliphatic heterocycles. The molecule has 0 bridgehead atoms. The summed E-state index contributed by atoms with van der Waals surface area (Å²) in [5, 5.41) is 14.1. The van der Waals surface area contributed by atoms with Crippen LogP contribution in [0, 0.1) is 0 Å². The summed E-state index contributed by atoms with van der Waals surface area (Å²) in [6.45, 7) is 0. The van der Waals surface area contributed by atoms with E-state index in [1.54, 1.807) is 11.3 Å². The lowest BCUT2D eigenvalue weighted by atomic mass is 9.92. The minimum atomic E-state index is -0.990. The van der Waals surface area contributed by atoms with Crippen LogP contribution in [0.1, 0.15) is 37.7 Å². The molecule has 0 aromatic carbocycles. The second kappa shape index (κ2) is 4.45. The van der Waals surface area contributed by atoms with Crippen LogP contribution in [-0.2, 0) is 11.2 Å². The van der Waals surface area contributed by atoms with Crippen molar-refractivity contribution in [2.75, 3.05) is 0 Å². The van der Waals surface area contributed by atoms with Crippen LogP contribution >= 0.6 is 11.3 Å². The Balaban J connectivity index is 1.87. The van der Waals surface area contributed by atoms with Gasteiger partial charge in [-0.2, -0.15) is 11.3 Å². The van der Waals surface area contributed by atoms with Gasteiger partial charge >= 0.3 is 0 Å². The zero-order valence-electron chi connectivity index (χ0n) is 8.74. The van der Waals surface area contributed by atoms with Crippen LogP contribution in [0.2, 0.25) is 0 Å². The smallest absolute Gasteiger partial charge is 0.164 e. The average molecular weight is 224 g/mol. The van der Waals surface area contributed by atoms with Crippen molar-refractivity contribution in [1.29, 1.82) is 0 Å². The van der Waals surface area contributed by atoms with E-state index in [0.29, 0.717) is 19.3 Å². The molecule has 1 aromatic rings. The van der Waals surface area contributed by atoms with Crippen molar-refractivity contribution in [3.8, 4) is 0 Å². The molecule has 3 heteroatoms. The molecule has 82 valence electrons. The number of hydrogen-bond acceptors (Lipinski definition) is 3. The predicted molar refractivity (Wildman–Crippen MR) is 61.1 cm³/mol. The Kier molecular flexibility index (Phi) is 3.22. The zero-order chi connectivity index (χ0) is 10.7. The molecular formula is C12H16O2S. The SMILES string of the molecule is O=C(CCc1ccsc1)C1(O)CCCC1. The number of carbonyl (C=O) groups is 1. The summed E-state index contributed by atoms with van der Waals surface area (Å²) >= 11 is 1.65. The normalized spacial score (nSPS) is 19.3. The molecular weight excluding hydrogens is 208 g/mol. The van der Waals surface area contributed by atoms with Gasteiger partial charge < -0.3 is 5.11 Å². The van der Waals surface area contributed by atoms with E-state index in [2.05, 4.69) is 5.38 Å². The number of aryl methyl sites for hydroxylation is 1. The molecule has 1 heterocycles. The lowest BCUT2D eigenvalue weighted by Gasteiger charge is -2.19. The molecule has 0 saturated heterocycles. The molecule has 1 aromatic heterocycles. The van der Waals surface area contributed by atoms with Crippen molar-refractivity contribution in [1.82, 2.24) is 0 Å². The van der Waals surface area contributed by atoms with Crippen LogP contribution in [0.4, 0.5) is 0 Å². The van der Waals surface area contributed by atoms with Crippen molar-refractivity contribution < 1.29 is 9.90 Å². The van der Waals surface area contributed by atoms with Gasteiger partial charge in [0, 0.05) is 6.42 Å². The quantitative estimate of drug-likeness (QED) is 0.853. The molecule has 0 unspecified atom stereocenters. The number of ketones is 1. The van der Waals surface area contributed by atoms with E-state index in [4.69, 9.17) is 0 Å². The Morgan fingerprint density at radius 1 is 1.47 bits per heavy atom. The van der Waals surface area contributed by atoms with Gasteiger partial charge in [0.05, 0.1) is 0 Å². The minimum absolute atomic E-state index is 0.0335. The van der Waals surface area contributed by atoms with E-state index in [-0.39, 0.29) is 5.78 Å². The molecule has 0 amide bonds. The zero-order valence-corrected chi connectivity index (χ0v) is 9.55. The number of thiophene rings is 1. The van der Waals surface area contributed by atoms with E-state index in [0.717, 1.165) is 19.3 Å². The highest BCUT2D eigenvalue weighted by atomic mass is 32.1. The standard InChI is InChI=1S/C12H16O2S/c13-11(12(14)6-1-2-7-12)4-3-10-5-8-15-9-10/h5,8-9,14H,1-4,6-7H2. The first-order valence-corrected chi connectivity index (χ1v) is 6.42. The first-order chi connectivity index (χ1) is 7.21. The number of hydrogen-bond donors (Lipinski definition) is 1. The highest BCUT2D eigenvalue weighted by Crippen LogP contribution is 2.31. The fourth-order valence-corrected chi connectivity index (χ4v) is 2.87. The molecule has 2 nitrogen and oxygen atoms in total. The molecule has 0 atom stereocenters. The van der Waals surface area contributed by atoms with Gasteiger partial charge in [0.15, 0.2) is 5.78 Å². The summed E-state index contributed by atoms with van der Waals surface area (Å²) in [5.74, 6) is 0.0335. The molecule has 2 rings (SSSR count). The van der Waals surface area contributed by atoms with Gasteiger partial charge in [-0.15, -0.1) is 0 Å². The van der Waals surface area contributed by atoms with E-state index in [9.17, 15) is 9.90 Å². The van der Waals surface area contributed by atoms with Crippen LogP contribution < -0.4 is 0 Å². The fourth-order valence-electron chi connectivity index (χ4n) is 2.16. The lowest BCUT2D eigenvalue weighted by Crippen LogP contribution is -2.35. The third-order valence-corrected chi connectivity index (χ3v) is 3.90. The van der Waals surface area contributed by atoms with Gasteiger partial charge in [-0.05, 0) is 54.5 Å². The number of carbonyl (C=O) groups excluding carboxylic acids is 1. The number of aliphatic hydroxyl groups is 1. The molecule has 0 spiro atoms. The van der Waals surface area contributed by atoms with Gasteiger partial charge in [-0.3, -0.25) is 4.79 Å². The third-order valence-electron chi connectivity index (χ3n) is 3.17. The topological polar surface area (TPSA) is 37.3 Å². The Bertz CT molecular complexity index is 323. The Hall–Kier alpha value is -0.670. The first kappa shape index (κ1) is 10.8. The molecule has 1 saturated carbocycles. The predicted octanol–water partition coefficient (Wildman–Crippen LogP) is 2.55. The molecule has 1 aliphatic carbocycles. The van der Waals surface area contributed by atoms with E-state index >= 15 is 0 Å². The summed E-state index contributed by atoms with van der Waals surface area (Å²) in [7, 11) is 0. The van der Waals surface area contributed by atoms with Crippen LogP contribution in [0.25, 0.3) is 0 Å². The van der Waals surface area contributed by atoms with Crippen LogP contribution in [0.3, 0.4) is 0 Å². The lowest BCUT2D eigenvalue weighted by molar-refractivity contribution is -0.136. The highest BCUT2D eigenvalue weighted by molar-refractivity contribution is 7.07. The van der Waals surface area contributed by atoms with Crippen molar-refractivity contribution in [2.24, 2.45) is 0 Å². The first-order valence-electron chi connectivity index (χ1n) is 5.47. The Labute approximate surface area is 93.9 Å². The summed E-state index contributed by atoms with van der Waals surface area (Å²) in [4.78, 5) is 11.8. The molecule has 15 heavy (non-hydrogen) atoms. The maximum absolute atomic E-state index is 11.8. The molecule has 1 N–H and O–H groups in total. The van der Waals surface area contributed by atoms with Crippen molar-refractivity contribution >= 4 is 17.1 Å². The largest absolute Gasteiger partial charge is 0.382 e. The Morgan fingerprint density at radius 2 is 2.20 bits per heavy atom. The van der Waals surface area contributed by atoms with Gasteiger partial charge in [-0.1, -0.05) is 0 Å². The molecule has 0 radical (unpaired) electrons. The average Bonchev–Trinajstić information content (AvgIpc) is 2.85. The van der Waals surface area contributed by atoms with Gasteiger partial charge in [0.2, 0.25) is 0 Å². The second-order valence-electron chi connectivity index (χ2n) is 4.29. The van der Waals surface area contributed by atoms with Gasteiger partial charge in [0.1, 0.15) is 5.60 Å². The van der Waals surface area contributed by atoms with Gasteiger partial charge in [0.25, 0.3) is 0 Å². The van der Waals surface area contributed by atoms with Crippen LogP contribution in [0.15, 0.2) is 16.8 Å². The second-order valence-corrected chi connectivity index (χ2v) is 5.07. The molecule has 1 aliphatic rings. The maximum atomic E-state index is 11.8. The summed E-state index contributed by atoms with van der Waals surface area (Å²) < 4.78 is 0. The highest BCUT2D eigenvalue weighted by Gasteiger charge is 2.37. The third kappa shape index (κ3) is 2.47. The molecule has 1 fully saturated rings. The maximum Gasteiger partial charge on any atom is 0.164 e. The van der Waals surface area contributed by atoms with Crippen LogP contribution in [-0.4, -0.2) is 16.5 Å². The Morgan fingerprint density at radius 3 is 2.80 bits per heavy atom. The van der Waals surface area contributed by atoms with Crippen molar-refractivity contribution in [2.45, 2.75) is 44.1 Å². The van der Waals surface area contributed by atoms with Gasteiger partial charge in [-0.25, -0.2) is 0 Å². The monoisotopic (exact) mass is 224 g/mol. The summed E-state index contributed by atoms with van der Waals surface area (Å²) in [6.07, 6.45) is 4.55. The van der Waals surface area contributed by atoms with Crippen molar-refractivity contribution in [3.63, 3.8) is 0 Å². The van der Waals surface area contributed by atoms with Crippen molar-refractivity contribution in [3.05, 3.63) is 22.4 Å². The minimum Gasteiger partial charge on any atom is -0.382 e. The van der Waals surface area contributed by atoms with E-state index in [1.807, 2.05) is 11.4 Å². The van der Waals surface area contributed by atoms with E-state index in [1.165, 1.54) is 5.56 Å². The number of Topliss-reactive ketones (excluding diaryl/α,β-unsaturated/α-hetero) is 1. The van der Waals surface area contributed by atoms with Crippen LogP contribution in [0.5, 0.6) is 0 Å². The fraction of sp³-hybridized carbons (Fsp3) is 0.583. The summed E-state index contributed by atoms with van der Waals surface area (Å²) in [5.41, 5.74) is 0.214.